The first-order chi connectivity index (χ1) is 12.1. The zero-order chi connectivity index (χ0) is 17.6. The van der Waals surface area contributed by atoms with Gasteiger partial charge in [0.1, 0.15) is 11.5 Å². The van der Waals surface area contributed by atoms with E-state index in [-0.39, 0.29) is 0 Å². The van der Waals surface area contributed by atoms with E-state index in [1.807, 2.05) is 48.5 Å². The highest BCUT2D eigenvalue weighted by Crippen LogP contribution is 2.25. The summed E-state index contributed by atoms with van der Waals surface area (Å²) in [7, 11) is 0. The van der Waals surface area contributed by atoms with Crippen molar-refractivity contribution in [3.05, 3.63) is 54.6 Å². The van der Waals surface area contributed by atoms with Crippen molar-refractivity contribution in [3.8, 4) is 17.4 Å². The Balaban J connectivity index is 1.70. The number of fused-ring (bicyclic) bond motifs is 1. The summed E-state index contributed by atoms with van der Waals surface area (Å²) in [6.45, 7) is 7.95. The van der Waals surface area contributed by atoms with E-state index < -0.39 is 0 Å². The third kappa shape index (κ3) is 4.63. The first kappa shape index (κ1) is 17.1. The molecule has 25 heavy (non-hydrogen) atoms. The molecule has 0 saturated carbocycles. The van der Waals surface area contributed by atoms with Crippen LogP contribution in [0, 0.1) is 5.92 Å². The van der Waals surface area contributed by atoms with Crippen LogP contribution >= 0.6 is 0 Å². The summed E-state index contributed by atoms with van der Waals surface area (Å²) >= 11 is 0. The van der Waals surface area contributed by atoms with Gasteiger partial charge in [-0.3, -0.25) is 0 Å². The van der Waals surface area contributed by atoms with E-state index in [1.165, 1.54) is 0 Å². The van der Waals surface area contributed by atoms with Crippen molar-refractivity contribution in [2.24, 2.45) is 5.92 Å². The first-order valence-electron chi connectivity index (χ1n) is 8.69. The van der Waals surface area contributed by atoms with Gasteiger partial charge in [-0.25, -0.2) is 4.98 Å². The molecule has 1 heterocycles. The minimum Gasteiger partial charge on any atom is -0.493 e. The van der Waals surface area contributed by atoms with Crippen molar-refractivity contribution >= 4 is 16.6 Å². The van der Waals surface area contributed by atoms with Gasteiger partial charge < -0.3 is 14.8 Å². The summed E-state index contributed by atoms with van der Waals surface area (Å²) in [5, 5.41) is 4.39. The topological polar surface area (TPSA) is 43.4 Å². The highest BCUT2D eigenvalue weighted by atomic mass is 16.5. The van der Waals surface area contributed by atoms with Crippen LogP contribution in [0.3, 0.4) is 0 Å². The van der Waals surface area contributed by atoms with Gasteiger partial charge in [0.2, 0.25) is 5.88 Å². The lowest BCUT2D eigenvalue weighted by molar-refractivity contribution is 0.271. The number of nitrogens with one attached hydrogen (secondary N) is 1. The molecular formula is C21H24N2O2. The maximum atomic E-state index is 5.86. The molecule has 2 aromatic carbocycles. The molecule has 0 bridgehead atoms. The van der Waals surface area contributed by atoms with E-state index >= 15 is 0 Å². The molecule has 0 saturated heterocycles. The van der Waals surface area contributed by atoms with Gasteiger partial charge in [-0.1, -0.05) is 13.8 Å². The van der Waals surface area contributed by atoms with Crippen molar-refractivity contribution in [3.63, 3.8) is 0 Å². The molecule has 0 amide bonds. The highest BCUT2D eigenvalue weighted by Gasteiger charge is 2.03. The predicted octanol–water partition coefficient (Wildman–Crippen LogP) is 5.49. The fourth-order valence-electron chi connectivity index (χ4n) is 2.47. The number of rotatable bonds is 7. The Morgan fingerprint density at radius 3 is 2.44 bits per heavy atom. The smallest absolute Gasteiger partial charge is 0.219 e. The molecular weight excluding hydrogens is 312 g/mol. The van der Waals surface area contributed by atoms with E-state index in [0.717, 1.165) is 34.6 Å². The Kier molecular flexibility index (Phi) is 5.39. The molecule has 4 nitrogen and oxygen atoms in total. The second kappa shape index (κ2) is 7.88. The SMILES string of the molecule is CCNc1ccc2nc(Oc3ccc(OCC(C)C)cc3)ccc2c1. The summed E-state index contributed by atoms with van der Waals surface area (Å²) in [5.74, 6) is 2.68. The van der Waals surface area contributed by atoms with Crippen LogP contribution in [0.4, 0.5) is 5.69 Å². The lowest BCUT2D eigenvalue weighted by Crippen LogP contribution is -2.04. The normalized spacial score (nSPS) is 10.9. The van der Waals surface area contributed by atoms with Gasteiger partial charge in [-0.15, -0.1) is 0 Å². The number of hydrogen-bond donors (Lipinski definition) is 1. The molecule has 130 valence electrons. The van der Waals surface area contributed by atoms with Gasteiger partial charge in [-0.2, -0.15) is 0 Å². The first-order valence-corrected chi connectivity index (χ1v) is 8.69. The van der Waals surface area contributed by atoms with Gasteiger partial charge in [0.15, 0.2) is 0 Å². The number of hydrogen-bond acceptors (Lipinski definition) is 4. The van der Waals surface area contributed by atoms with Crippen molar-refractivity contribution < 1.29 is 9.47 Å². The summed E-state index contributed by atoms with van der Waals surface area (Å²) in [4.78, 5) is 4.57. The summed E-state index contributed by atoms with van der Waals surface area (Å²) in [6.07, 6.45) is 0. The van der Waals surface area contributed by atoms with Crippen LogP contribution in [0.2, 0.25) is 0 Å². The fourth-order valence-corrected chi connectivity index (χ4v) is 2.47. The molecule has 0 spiro atoms. The minimum atomic E-state index is 0.505. The van der Waals surface area contributed by atoms with Gasteiger partial charge in [0, 0.05) is 23.7 Å². The molecule has 0 radical (unpaired) electrons. The van der Waals surface area contributed by atoms with Crippen LogP contribution in [-0.2, 0) is 0 Å². The lowest BCUT2D eigenvalue weighted by atomic mass is 10.2. The van der Waals surface area contributed by atoms with Gasteiger partial charge in [-0.05, 0) is 61.4 Å². The average Bonchev–Trinajstić information content (AvgIpc) is 2.61. The second-order valence-corrected chi connectivity index (χ2v) is 6.37. The second-order valence-electron chi connectivity index (χ2n) is 6.37. The zero-order valence-corrected chi connectivity index (χ0v) is 15.0. The van der Waals surface area contributed by atoms with E-state index in [1.54, 1.807) is 0 Å². The van der Waals surface area contributed by atoms with Crippen molar-refractivity contribution in [1.29, 1.82) is 0 Å². The number of pyridine rings is 1. The van der Waals surface area contributed by atoms with Crippen LogP contribution in [-0.4, -0.2) is 18.1 Å². The van der Waals surface area contributed by atoms with Crippen molar-refractivity contribution in [2.75, 3.05) is 18.5 Å². The molecule has 0 unspecified atom stereocenters. The Morgan fingerprint density at radius 2 is 1.72 bits per heavy atom. The van der Waals surface area contributed by atoms with Crippen LogP contribution in [0.5, 0.6) is 17.4 Å². The highest BCUT2D eigenvalue weighted by molar-refractivity contribution is 5.82. The van der Waals surface area contributed by atoms with Gasteiger partial charge >= 0.3 is 0 Å². The van der Waals surface area contributed by atoms with E-state index in [9.17, 15) is 0 Å². The molecule has 0 aliphatic rings. The van der Waals surface area contributed by atoms with Crippen LogP contribution < -0.4 is 14.8 Å². The van der Waals surface area contributed by atoms with Crippen LogP contribution in [0.25, 0.3) is 10.9 Å². The average molecular weight is 336 g/mol. The largest absolute Gasteiger partial charge is 0.493 e. The maximum absolute atomic E-state index is 5.86. The molecule has 4 heteroatoms. The van der Waals surface area contributed by atoms with Gasteiger partial charge in [0.25, 0.3) is 0 Å². The number of aromatic nitrogens is 1. The quantitative estimate of drug-likeness (QED) is 0.619. The standard InChI is InChI=1S/C21H24N2O2/c1-4-22-17-6-11-20-16(13-17)5-12-21(23-20)25-19-9-7-18(8-10-19)24-14-15(2)3/h5-13,15,22H,4,14H2,1-3H3. The molecule has 1 aromatic heterocycles. The number of anilines is 1. The summed E-state index contributed by atoms with van der Waals surface area (Å²) in [6, 6.07) is 17.7. The van der Waals surface area contributed by atoms with Crippen LogP contribution in [0.15, 0.2) is 54.6 Å². The third-order valence-corrected chi connectivity index (χ3v) is 3.67. The number of ether oxygens (including phenoxy) is 2. The van der Waals surface area contributed by atoms with Crippen molar-refractivity contribution in [1.82, 2.24) is 4.98 Å². The molecule has 0 aliphatic heterocycles. The Bertz CT molecular complexity index is 829. The predicted molar refractivity (Wildman–Crippen MR) is 103 cm³/mol. The van der Waals surface area contributed by atoms with E-state index in [0.29, 0.717) is 18.4 Å². The van der Waals surface area contributed by atoms with E-state index in [4.69, 9.17) is 9.47 Å². The molecule has 3 rings (SSSR count). The third-order valence-electron chi connectivity index (χ3n) is 3.67. The Morgan fingerprint density at radius 1 is 0.960 bits per heavy atom. The van der Waals surface area contributed by atoms with Crippen LogP contribution in [0.1, 0.15) is 20.8 Å². The Hall–Kier alpha value is -2.75. The summed E-state index contributed by atoms with van der Waals surface area (Å²) in [5.41, 5.74) is 2.01. The zero-order valence-electron chi connectivity index (χ0n) is 15.0. The van der Waals surface area contributed by atoms with Crippen molar-refractivity contribution in [2.45, 2.75) is 20.8 Å². The lowest BCUT2D eigenvalue weighted by Gasteiger charge is -2.10. The number of benzene rings is 2. The fraction of sp³-hybridized carbons (Fsp3) is 0.286. The molecule has 3 aromatic rings. The maximum Gasteiger partial charge on any atom is 0.219 e. The molecule has 0 atom stereocenters. The van der Waals surface area contributed by atoms with E-state index in [2.05, 4.69) is 37.1 Å². The Labute approximate surface area is 148 Å². The molecule has 0 aliphatic carbocycles. The molecule has 0 fully saturated rings. The molecule has 1 N–H and O–H groups in total. The number of nitrogens with zero attached hydrogens (tertiary/aromatic N) is 1. The minimum absolute atomic E-state index is 0.505. The summed E-state index contributed by atoms with van der Waals surface area (Å²) < 4.78 is 11.5. The monoisotopic (exact) mass is 336 g/mol. The van der Waals surface area contributed by atoms with Gasteiger partial charge in [0.05, 0.1) is 12.1 Å².